The molecule has 0 aromatic heterocycles. The van der Waals surface area contributed by atoms with Crippen molar-refractivity contribution in [1.82, 2.24) is 10.6 Å². The Morgan fingerprint density at radius 2 is 1.92 bits per heavy atom. The standard InChI is InChI=1S/C9H17IN2/c1-8(10)4-5-9(2)12-7-6-11-3/h4-5,11-12H,6-7H2,1-3H3/b8-4+,9-5+. The van der Waals surface area contributed by atoms with E-state index < -0.39 is 0 Å². The molecule has 0 aromatic rings. The van der Waals surface area contributed by atoms with Crippen molar-refractivity contribution in [3.63, 3.8) is 0 Å². The molecule has 0 fully saturated rings. The van der Waals surface area contributed by atoms with Gasteiger partial charge in [0.05, 0.1) is 0 Å². The minimum atomic E-state index is 0.979. The molecule has 0 bridgehead atoms. The van der Waals surface area contributed by atoms with E-state index in [1.165, 1.54) is 9.28 Å². The zero-order chi connectivity index (χ0) is 9.40. The summed E-state index contributed by atoms with van der Waals surface area (Å²) >= 11 is 2.30. The molecule has 0 amide bonds. The molecule has 0 unspecified atom stereocenters. The third-order valence-electron chi connectivity index (χ3n) is 1.34. The Morgan fingerprint density at radius 1 is 1.25 bits per heavy atom. The molecule has 0 aliphatic carbocycles. The Balaban J connectivity index is 3.63. The highest BCUT2D eigenvalue weighted by Gasteiger charge is 1.84. The molecule has 0 rings (SSSR count). The van der Waals surface area contributed by atoms with Crippen LogP contribution in [0.15, 0.2) is 21.4 Å². The van der Waals surface area contributed by atoms with E-state index in [9.17, 15) is 0 Å². The second-order valence-electron chi connectivity index (χ2n) is 2.63. The fourth-order valence-electron chi connectivity index (χ4n) is 0.683. The van der Waals surface area contributed by atoms with Gasteiger partial charge in [-0.25, -0.2) is 0 Å². The summed E-state index contributed by atoms with van der Waals surface area (Å²) in [7, 11) is 1.95. The summed E-state index contributed by atoms with van der Waals surface area (Å²) in [6.07, 6.45) is 4.19. The number of likely N-dealkylation sites (N-methyl/N-ethyl adjacent to an activating group) is 1. The van der Waals surface area contributed by atoms with Gasteiger partial charge in [-0.15, -0.1) is 0 Å². The zero-order valence-corrected chi connectivity index (χ0v) is 10.1. The van der Waals surface area contributed by atoms with Crippen LogP contribution in [0.25, 0.3) is 0 Å². The lowest BCUT2D eigenvalue weighted by Gasteiger charge is -2.04. The van der Waals surface area contributed by atoms with E-state index >= 15 is 0 Å². The summed E-state index contributed by atoms with van der Waals surface area (Å²) in [6.45, 7) is 6.13. The molecule has 0 saturated heterocycles. The van der Waals surface area contributed by atoms with E-state index in [-0.39, 0.29) is 0 Å². The van der Waals surface area contributed by atoms with Crippen LogP contribution in [-0.4, -0.2) is 20.1 Å². The van der Waals surface area contributed by atoms with E-state index in [2.05, 4.69) is 59.2 Å². The van der Waals surface area contributed by atoms with Gasteiger partial charge < -0.3 is 10.6 Å². The molecule has 0 aliphatic rings. The van der Waals surface area contributed by atoms with E-state index in [0.29, 0.717) is 0 Å². The van der Waals surface area contributed by atoms with Crippen molar-refractivity contribution in [2.75, 3.05) is 20.1 Å². The second-order valence-corrected chi connectivity index (χ2v) is 4.34. The van der Waals surface area contributed by atoms with Crippen molar-refractivity contribution >= 4 is 22.6 Å². The Bertz CT molecular complexity index is 169. The van der Waals surface area contributed by atoms with Crippen LogP contribution < -0.4 is 10.6 Å². The molecule has 3 heteroatoms. The third-order valence-corrected chi connectivity index (χ3v) is 1.70. The highest BCUT2D eigenvalue weighted by Crippen LogP contribution is 2.03. The van der Waals surface area contributed by atoms with Crippen LogP contribution >= 0.6 is 22.6 Å². The maximum absolute atomic E-state index is 3.29. The molecule has 0 atom stereocenters. The first kappa shape index (κ1) is 12.0. The summed E-state index contributed by atoms with van der Waals surface area (Å²) < 4.78 is 1.29. The molecule has 2 N–H and O–H groups in total. The van der Waals surface area contributed by atoms with E-state index in [1.807, 2.05) is 7.05 Å². The van der Waals surface area contributed by atoms with Gasteiger partial charge in [-0.3, -0.25) is 0 Å². The molecule has 0 heterocycles. The predicted molar refractivity (Wildman–Crippen MR) is 63.5 cm³/mol. The van der Waals surface area contributed by atoms with Crippen LogP contribution in [0.3, 0.4) is 0 Å². The van der Waals surface area contributed by atoms with E-state index in [4.69, 9.17) is 0 Å². The number of hydrogen-bond donors (Lipinski definition) is 2. The van der Waals surface area contributed by atoms with Gasteiger partial charge in [-0.05, 0) is 53.1 Å². The van der Waals surface area contributed by atoms with Crippen molar-refractivity contribution in [3.05, 3.63) is 21.4 Å². The quantitative estimate of drug-likeness (QED) is 0.457. The summed E-state index contributed by atoms with van der Waals surface area (Å²) in [5.74, 6) is 0. The van der Waals surface area contributed by atoms with Crippen molar-refractivity contribution in [2.45, 2.75) is 13.8 Å². The highest BCUT2D eigenvalue weighted by molar-refractivity contribution is 14.1. The molecular formula is C9H17IN2. The average molecular weight is 280 g/mol. The number of hydrogen-bond acceptors (Lipinski definition) is 2. The average Bonchev–Trinajstić information content (AvgIpc) is 2.01. The van der Waals surface area contributed by atoms with E-state index in [0.717, 1.165) is 13.1 Å². The van der Waals surface area contributed by atoms with Crippen LogP contribution in [0.4, 0.5) is 0 Å². The third kappa shape index (κ3) is 8.07. The Hall–Kier alpha value is -0.0300. The molecule has 0 spiro atoms. The normalized spacial score (nSPS) is 13.3. The molecule has 0 aliphatic heterocycles. The number of halogens is 1. The lowest BCUT2D eigenvalue weighted by atomic mass is 10.4. The molecule has 0 radical (unpaired) electrons. The van der Waals surface area contributed by atoms with Gasteiger partial charge in [0.1, 0.15) is 0 Å². The summed E-state index contributed by atoms with van der Waals surface area (Å²) in [5.41, 5.74) is 1.21. The summed E-state index contributed by atoms with van der Waals surface area (Å²) in [5, 5.41) is 6.37. The minimum absolute atomic E-state index is 0.979. The summed E-state index contributed by atoms with van der Waals surface area (Å²) in [6, 6.07) is 0. The fraction of sp³-hybridized carbons (Fsp3) is 0.556. The molecular weight excluding hydrogens is 263 g/mol. The first-order chi connectivity index (χ1) is 5.66. The monoisotopic (exact) mass is 280 g/mol. The van der Waals surface area contributed by atoms with Crippen LogP contribution in [0.2, 0.25) is 0 Å². The molecule has 70 valence electrons. The van der Waals surface area contributed by atoms with Crippen molar-refractivity contribution in [3.8, 4) is 0 Å². The summed E-state index contributed by atoms with van der Waals surface area (Å²) in [4.78, 5) is 0. The lowest BCUT2D eigenvalue weighted by molar-refractivity contribution is 0.717. The van der Waals surface area contributed by atoms with Crippen molar-refractivity contribution < 1.29 is 0 Å². The van der Waals surface area contributed by atoms with Gasteiger partial charge in [0.15, 0.2) is 0 Å². The van der Waals surface area contributed by atoms with Gasteiger partial charge in [0.2, 0.25) is 0 Å². The predicted octanol–water partition coefficient (Wildman–Crippen LogP) is 2.04. The molecule has 0 saturated carbocycles. The van der Waals surface area contributed by atoms with Crippen molar-refractivity contribution in [1.29, 1.82) is 0 Å². The maximum atomic E-state index is 3.29. The van der Waals surface area contributed by atoms with Crippen LogP contribution in [0, 0.1) is 0 Å². The first-order valence-electron chi connectivity index (χ1n) is 4.06. The maximum Gasteiger partial charge on any atom is 0.0269 e. The van der Waals surface area contributed by atoms with Crippen LogP contribution in [0.5, 0.6) is 0 Å². The smallest absolute Gasteiger partial charge is 0.0269 e. The van der Waals surface area contributed by atoms with Crippen LogP contribution in [-0.2, 0) is 0 Å². The topological polar surface area (TPSA) is 24.1 Å². The van der Waals surface area contributed by atoms with Gasteiger partial charge in [0, 0.05) is 18.8 Å². The molecule has 12 heavy (non-hydrogen) atoms. The van der Waals surface area contributed by atoms with Gasteiger partial charge >= 0.3 is 0 Å². The second kappa shape index (κ2) is 7.61. The van der Waals surface area contributed by atoms with Gasteiger partial charge in [-0.2, -0.15) is 0 Å². The van der Waals surface area contributed by atoms with Crippen molar-refractivity contribution in [2.24, 2.45) is 0 Å². The number of nitrogens with one attached hydrogen (secondary N) is 2. The largest absolute Gasteiger partial charge is 0.387 e. The minimum Gasteiger partial charge on any atom is -0.387 e. The first-order valence-corrected chi connectivity index (χ1v) is 5.14. The Labute approximate surface area is 88.6 Å². The highest BCUT2D eigenvalue weighted by atomic mass is 127. The molecule has 2 nitrogen and oxygen atoms in total. The number of allylic oxidation sites excluding steroid dienone is 4. The van der Waals surface area contributed by atoms with Gasteiger partial charge in [-0.1, -0.05) is 6.08 Å². The Morgan fingerprint density at radius 3 is 2.42 bits per heavy atom. The van der Waals surface area contributed by atoms with Gasteiger partial charge in [0.25, 0.3) is 0 Å². The SMILES string of the molecule is CNCCN/C(C)=C/C=C(\C)I. The lowest BCUT2D eigenvalue weighted by Crippen LogP contribution is -2.23. The Kier molecular flexibility index (Phi) is 7.59. The zero-order valence-electron chi connectivity index (χ0n) is 7.95. The fourth-order valence-corrected chi connectivity index (χ4v) is 0.863. The van der Waals surface area contributed by atoms with E-state index in [1.54, 1.807) is 0 Å². The number of rotatable bonds is 5. The molecule has 0 aromatic carbocycles. The van der Waals surface area contributed by atoms with Crippen LogP contribution in [0.1, 0.15) is 13.8 Å².